The summed E-state index contributed by atoms with van der Waals surface area (Å²) in [6.45, 7) is 7.61. The lowest BCUT2D eigenvalue weighted by Crippen LogP contribution is -2.73. The van der Waals surface area contributed by atoms with E-state index in [9.17, 15) is 18.0 Å². The summed E-state index contributed by atoms with van der Waals surface area (Å²) < 4.78 is 43.7. The number of nitrogens with zero attached hydrogens (tertiary/aromatic N) is 4. The first-order valence-corrected chi connectivity index (χ1v) is 8.39. The monoisotopic (exact) mass is 360 g/mol. The number of carbonyl (C=O) groups is 1. The molecule has 2 aliphatic heterocycles. The molecule has 1 aliphatic carbocycles. The summed E-state index contributed by atoms with van der Waals surface area (Å²) in [5.74, 6) is 0.384. The lowest BCUT2D eigenvalue weighted by molar-refractivity contribution is -0.143. The molecule has 3 atom stereocenters. The quantitative estimate of drug-likeness (QED) is 0.810. The Labute approximate surface area is 144 Å². The first-order chi connectivity index (χ1) is 11.4. The topological polar surface area (TPSA) is 60.2 Å². The van der Waals surface area contributed by atoms with Crippen LogP contribution in [-0.4, -0.2) is 43.2 Å². The highest BCUT2D eigenvalue weighted by Crippen LogP contribution is 2.51. The largest absolute Gasteiger partial charge is 0.444 e. The summed E-state index contributed by atoms with van der Waals surface area (Å²) in [7, 11) is 0. The highest BCUT2D eigenvalue weighted by molar-refractivity contribution is 5.71. The number of halogens is 3. The summed E-state index contributed by atoms with van der Waals surface area (Å²) in [4.78, 5) is 15.3. The Morgan fingerprint density at radius 2 is 2.04 bits per heavy atom. The number of hydrogen-bond acceptors (Lipinski definition) is 4. The molecule has 9 heteroatoms. The average Bonchev–Trinajstić information content (AvgIpc) is 2.83. The molecule has 140 valence electrons. The Morgan fingerprint density at radius 1 is 1.36 bits per heavy atom. The van der Waals surface area contributed by atoms with Gasteiger partial charge in [0.1, 0.15) is 5.60 Å². The first-order valence-electron chi connectivity index (χ1n) is 8.39. The lowest BCUT2D eigenvalue weighted by atomic mass is 9.64. The molecule has 1 aromatic rings. The van der Waals surface area contributed by atoms with Crippen LogP contribution in [0.5, 0.6) is 0 Å². The second-order valence-electron chi connectivity index (χ2n) is 8.24. The fraction of sp³-hybridized carbons (Fsp3) is 0.812. The molecule has 3 heterocycles. The number of amides is 1. The van der Waals surface area contributed by atoms with Crippen molar-refractivity contribution in [3.05, 3.63) is 11.9 Å². The van der Waals surface area contributed by atoms with Crippen LogP contribution >= 0.6 is 0 Å². The molecule has 0 spiro atoms. The van der Waals surface area contributed by atoms with Crippen molar-refractivity contribution in [2.45, 2.75) is 76.9 Å². The van der Waals surface area contributed by atoms with Gasteiger partial charge in [-0.25, -0.2) is 4.79 Å². The Bertz CT molecular complexity index is 667. The van der Waals surface area contributed by atoms with Crippen LogP contribution in [-0.2, 0) is 17.5 Å². The van der Waals surface area contributed by atoms with Crippen LogP contribution in [0.4, 0.5) is 18.0 Å². The number of alkyl halides is 3. The van der Waals surface area contributed by atoms with Crippen LogP contribution < -0.4 is 0 Å². The van der Waals surface area contributed by atoms with E-state index in [1.54, 1.807) is 25.7 Å². The zero-order valence-electron chi connectivity index (χ0n) is 14.8. The summed E-state index contributed by atoms with van der Waals surface area (Å²) in [6, 6.07) is 0.0660. The van der Waals surface area contributed by atoms with Gasteiger partial charge in [-0.15, -0.1) is 5.10 Å². The van der Waals surface area contributed by atoms with Gasteiger partial charge in [0.2, 0.25) is 0 Å². The summed E-state index contributed by atoms with van der Waals surface area (Å²) in [6.07, 6.45) is -1.91. The van der Waals surface area contributed by atoms with Crippen molar-refractivity contribution in [1.82, 2.24) is 19.9 Å². The van der Waals surface area contributed by atoms with E-state index in [4.69, 9.17) is 4.74 Å². The van der Waals surface area contributed by atoms with Crippen LogP contribution in [0, 0.1) is 5.92 Å². The third-order valence-corrected chi connectivity index (χ3v) is 4.75. The van der Waals surface area contributed by atoms with Crippen LogP contribution in [0.25, 0.3) is 0 Å². The summed E-state index contributed by atoms with van der Waals surface area (Å²) >= 11 is 0. The van der Waals surface area contributed by atoms with Crippen molar-refractivity contribution in [1.29, 1.82) is 0 Å². The van der Waals surface area contributed by atoms with Gasteiger partial charge in [-0.2, -0.15) is 23.1 Å². The zero-order valence-corrected chi connectivity index (χ0v) is 14.8. The van der Waals surface area contributed by atoms with Gasteiger partial charge < -0.3 is 4.74 Å². The SMILES string of the molecule is CC1CC2CC(Cn3ncc(C(F)(F)F)n3)(C1)N2C(=O)OC(C)(C)C. The predicted octanol–water partition coefficient (Wildman–Crippen LogP) is 3.48. The van der Waals surface area contributed by atoms with Gasteiger partial charge in [-0.1, -0.05) is 6.92 Å². The molecule has 1 saturated carbocycles. The van der Waals surface area contributed by atoms with E-state index >= 15 is 0 Å². The Morgan fingerprint density at radius 3 is 2.60 bits per heavy atom. The van der Waals surface area contributed by atoms with E-state index in [1.165, 1.54) is 0 Å². The van der Waals surface area contributed by atoms with Crippen LogP contribution in [0.1, 0.15) is 52.7 Å². The molecule has 2 saturated heterocycles. The Hall–Kier alpha value is -1.80. The van der Waals surface area contributed by atoms with E-state index < -0.39 is 29.1 Å². The molecule has 3 aliphatic rings. The molecule has 0 radical (unpaired) electrons. The maximum Gasteiger partial charge on any atom is 0.436 e. The van der Waals surface area contributed by atoms with Gasteiger partial charge >= 0.3 is 12.3 Å². The van der Waals surface area contributed by atoms with Crippen molar-refractivity contribution < 1.29 is 22.7 Å². The fourth-order valence-corrected chi connectivity index (χ4v) is 4.10. The second kappa shape index (κ2) is 5.60. The molecular formula is C16H23F3N4O2. The maximum atomic E-state index is 12.7. The minimum Gasteiger partial charge on any atom is -0.444 e. The Kier molecular flexibility index (Phi) is 4.04. The number of fused-ring (bicyclic) bond motifs is 2. The normalized spacial score (nSPS) is 29.3. The molecule has 3 unspecified atom stereocenters. The summed E-state index contributed by atoms with van der Waals surface area (Å²) in [5.41, 5.74) is -2.22. The molecule has 0 N–H and O–H groups in total. The molecular weight excluding hydrogens is 337 g/mol. The lowest BCUT2D eigenvalue weighted by Gasteiger charge is -2.62. The smallest absolute Gasteiger partial charge is 0.436 e. The molecule has 1 aromatic heterocycles. The minimum atomic E-state index is -4.53. The van der Waals surface area contributed by atoms with E-state index in [2.05, 4.69) is 17.1 Å². The zero-order chi connectivity index (χ0) is 18.6. The highest BCUT2D eigenvalue weighted by atomic mass is 19.4. The second-order valence-corrected chi connectivity index (χ2v) is 8.24. The molecule has 25 heavy (non-hydrogen) atoms. The molecule has 3 fully saturated rings. The van der Waals surface area contributed by atoms with Crippen molar-refractivity contribution in [2.75, 3.05) is 0 Å². The van der Waals surface area contributed by atoms with E-state index in [1.807, 2.05) is 0 Å². The Balaban J connectivity index is 1.81. The van der Waals surface area contributed by atoms with Crippen molar-refractivity contribution in [3.63, 3.8) is 0 Å². The van der Waals surface area contributed by atoms with Gasteiger partial charge in [0.25, 0.3) is 0 Å². The number of ether oxygens (including phenoxy) is 1. The molecule has 0 aromatic carbocycles. The predicted molar refractivity (Wildman–Crippen MR) is 82.6 cm³/mol. The van der Waals surface area contributed by atoms with Gasteiger partial charge in [-0.05, 0) is 46.0 Å². The molecule has 1 amide bonds. The van der Waals surface area contributed by atoms with E-state index in [-0.39, 0.29) is 12.6 Å². The number of hydrogen-bond donors (Lipinski definition) is 0. The number of piperidine rings is 1. The van der Waals surface area contributed by atoms with Gasteiger partial charge in [0, 0.05) is 6.04 Å². The molecule has 6 nitrogen and oxygen atoms in total. The fourth-order valence-electron chi connectivity index (χ4n) is 4.10. The highest BCUT2D eigenvalue weighted by Gasteiger charge is 2.59. The number of rotatable bonds is 2. The van der Waals surface area contributed by atoms with Gasteiger partial charge in [0.15, 0.2) is 5.69 Å². The average molecular weight is 360 g/mol. The number of aromatic nitrogens is 3. The van der Waals surface area contributed by atoms with E-state index in [0.717, 1.165) is 23.8 Å². The van der Waals surface area contributed by atoms with Crippen LogP contribution in [0.2, 0.25) is 0 Å². The summed E-state index contributed by atoms with van der Waals surface area (Å²) in [5, 5.41) is 7.29. The first kappa shape index (κ1) is 18.0. The molecule has 2 bridgehead atoms. The maximum absolute atomic E-state index is 12.7. The third kappa shape index (κ3) is 3.46. The minimum absolute atomic E-state index is 0.0660. The van der Waals surface area contributed by atoms with Crippen molar-refractivity contribution >= 4 is 6.09 Å². The number of carbonyl (C=O) groups excluding carboxylic acids is 1. The molecule has 4 rings (SSSR count). The standard InChI is InChI=1S/C16H23F3N4O2/c1-10-5-11-7-15(6-10,23(11)13(24)25-14(2,3)4)9-22-20-8-12(21-22)16(17,18)19/h8,10-11H,5-7,9H2,1-4H3. The van der Waals surface area contributed by atoms with Crippen LogP contribution in [0.15, 0.2) is 6.20 Å². The van der Waals surface area contributed by atoms with Crippen LogP contribution in [0.3, 0.4) is 0 Å². The van der Waals surface area contributed by atoms with Crippen molar-refractivity contribution in [2.24, 2.45) is 5.92 Å². The van der Waals surface area contributed by atoms with Gasteiger partial charge in [-0.3, -0.25) is 4.90 Å². The third-order valence-electron chi connectivity index (χ3n) is 4.75. The van der Waals surface area contributed by atoms with E-state index in [0.29, 0.717) is 12.3 Å². The van der Waals surface area contributed by atoms with Gasteiger partial charge in [0.05, 0.1) is 18.3 Å². The van der Waals surface area contributed by atoms with Crippen molar-refractivity contribution in [3.8, 4) is 0 Å².